The number of amides is 1. The lowest BCUT2D eigenvalue weighted by Gasteiger charge is -2.21. The molecule has 0 unspecified atom stereocenters. The molecule has 118 valence electrons. The summed E-state index contributed by atoms with van der Waals surface area (Å²) in [6.45, 7) is 1.70. The number of ether oxygens (including phenoxy) is 1. The van der Waals surface area contributed by atoms with Gasteiger partial charge in [0, 0.05) is 16.9 Å². The van der Waals surface area contributed by atoms with Crippen molar-refractivity contribution >= 4 is 42.9 Å². The Morgan fingerprint density at radius 2 is 2.05 bits per heavy atom. The molecule has 0 aliphatic heterocycles. The summed E-state index contributed by atoms with van der Waals surface area (Å²) in [5, 5.41) is 0.995. The molecule has 1 aromatic carbocycles. The maximum Gasteiger partial charge on any atom is 0.423 e. The van der Waals surface area contributed by atoms with Crippen molar-refractivity contribution in [3.8, 4) is 0 Å². The van der Waals surface area contributed by atoms with E-state index in [1.165, 1.54) is 12.3 Å². The number of alkyl halides is 1. The Morgan fingerprint density at radius 1 is 1.32 bits per heavy atom. The minimum absolute atomic E-state index is 0.0143. The summed E-state index contributed by atoms with van der Waals surface area (Å²) in [4.78, 5) is 16.1. The molecule has 0 N–H and O–H groups in total. The van der Waals surface area contributed by atoms with E-state index in [1.807, 2.05) is 0 Å². The van der Waals surface area contributed by atoms with Crippen LogP contribution < -0.4 is 0 Å². The van der Waals surface area contributed by atoms with Crippen LogP contribution in [-0.4, -0.2) is 42.3 Å². The monoisotopic (exact) mass is 386 g/mol. The normalized spacial score (nSPS) is 11.4. The Balaban J connectivity index is 2.57. The molecule has 0 aliphatic carbocycles. The highest BCUT2D eigenvalue weighted by molar-refractivity contribution is 9.09. The Bertz CT molecular complexity index is 774. The third-order valence-electron chi connectivity index (χ3n) is 2.92. The zero-order valence-corrected chi connectivity index (χ0v) is 14.3. The fourth-order valence-corrected chi connectivity index (χ4v) is 4.06. The predicted octanol–water partition coefficient (Wildman–Crippen LogP) is 2.78. The van der Waals surface area contributed by atoms with Gasteiger partial charge < -0.3 is 4.74 Å². The summed E-state index contributed by atoms with van der Waals surface area (Å²) in [6, 6.07) is 8.31. The van der Waals surface area contributed by atoms with Gasteiger partial charge >= 0.3 is 6.09 Å². The first kappa shape index (κ1) is 16.7. The second-order valence-corrected chi connectivity index (χ2v) is 6.92. The van der Waals surface area contributed by atoms with Crippen molar-refractivity contribution in [3.63, 3.8) is 0 Å². The average molecular weight is 387 g/mol. The second kappa shape index (κ2) is 7.06. The van der Waals surface area contributed by atoms with E-state index in [2.05, 4.69) is 20.9 Å². The highest BCUT2D eigenvalue weighted by atomic mass is 79.9. The molecule has 0 saturated heterocycles. The standard InChI is InChI=1S/C14H15BrN2O4S/c1-2-21-14(18)17(10-8-15)22(19,20)12-7-3-5-11-6-4-9-16-13(11)12/h3-7,9H,2,8,10H2,1H3. The van der Waals surface area contributed by atoms with Crippen LogP contribution in [0.4, 0.5) is 4.79 Å². The Kier molecular flexibility index (Phi) is 5.36. The number of carbonyl (C=O) groups is 1. The average Bonchev–Trinajstić information content (AvgIpc) is 2.52. The number of halogens is 1. The molecule has 1 aromatic heterocycles. The van der Waals surface area contributed by atoms with Crippen LogP contribution in [0.3, 0.4) is 0 Å². The van der Waals surface area contributed by atoms with Gasteiger partial charge in [-0.25, -0.2) is 13.2 Å². The summed E-state index contributed by atoms with van der Waals surface area (Å²) < 4.78 is 31.2. The van der Waals surface area contributed by atoms with Gasteiger partial charge in [-0.1, -0.05) is 34.1 Å². The van der Waals surface area contributed by atoms with Crippen LogP contribution >= 0.6 is 15.9 Å². The molecule has 1 heterocycles. The highest BCUT2D eigenvalue weighted by Crippen LogP contribution is 2.24. The van der Waals surface area contributed by atoms with Gasteiger partial charge in [0.2, 0.25) is 0 Å². The Hall–Kier alpha value is -1.67. The van der Waals surface area contributed by atoms with Gasteiger partial charge in [-0.05, 0) is 19.1 Å². The lowest BCUT2D eigenvalue weighted by Crippen LogP contribution is -2.38. The number of nitrogens with zero attached hydrogens (tertiary/aromatic N) is 2. The molecule has 0 atom stereocenters. The largest absolute Gasteiger partial charge is 0.449 e. The van der Waals surface area contributed by atoms with Crippen molar-refractivity contribution in [2.24, 2.45) is 0 Å². The van der Waals surface area contributed by atoms with Crippen LogP contribution in [0.2, 0.25) is 0 Å². The van der Waals surface area contributed by atoms with Crippen molar-refractivity contribution in [1.82, 2.24) is 9.29 Å². The first-order valence-corrected chi connectivity index (χ1v) is 9.17. The summed E-state index contributed by atoms with van der Waals surface area (Å²) in [6.07, 6.45) is 0.621. The number of hydrogen-bond donors (Lipinski definition) is 0. The maximum atomic E-state index is 12.8. The van der Waals surface area contributed by atoms with Crippen LogP contribution in [0.15, 0.2) is 41.4 Å². The SMILES string of the molecule is CCOC(=O)N(CCBr)S(=O)(=O)c1cccc2cccnc12. The zero-order chi connectivity index (χ0) is 16.2. The minimum atomic E-state index is -4.04. The van der Waals surface area contributed by atoms with Crippen molar-refractivity contribution in [1.29, 1.82) is 0 Å². The smallest absolute Gasteiger partial charge is 0.423 e. The second-order valence-electron chi connectivity index (χ2n) is 4.30. The first-order chi connectivity index (χ1) is 10.5. The van der Waals surface area contributed by atoms with Crippen LogP contribution in [0.25, 0.3) is 10.9 Å². The Morgan fingerprint density at radius 3 is 2.73 bits per heavy atom. The van der Waals surface area contributed by atoms with Gasteiger partial charge in [0.05, 0.1) is 18.7 Å². The number of para-hydroxylation sites is 1. The Labute approximate surface area is 137 Å². The van der Waals surface area contributed by atoms with E-state index in [9.17, 15) is 13.2 Å². The quantitative estimate of drug-likeness (QED) is 0.738. The van der Waals surface area contributed by atoms with Gasteiger partial charge in [-0.15, -0.1) is 0 Å². The zero-order valence-electron chi connectivity index (χ0n) is 11.9. The van der Waals surface area contributed by atoms with E-state index in [4.69, 9.17) is 4.74 Å². The minimum Gasteiger partial charge on any atom is -0.449 e. The molecule has 0 bridgehead atoms. The van der Waals surface area contributed by atoms with Gasteiger partial charge in [0.1, 0.15) is 4.90 Å². The van der Waals surface area contributed by atoms with E-state index in [0.29, 0.717) is 20.5 Å². The van der Waals surface area contributed by atoms with E-state index < -0.39 is 16.1 Å². The molecule has 2 aromatic rings. The van der Waals surface area contributed by atoms with E-state index in [-0.39, 0.29) is 18.0 Å². The van der Waals surface area contributed by atoms with E-state index in [1.54, 1.807) is 31.2 Å². The fourth-order valence-electron chi connectivity index (χ4n) is 1.98. The number of pyridine rings is 1. The molecule has 22 heavy (non-hydrogen) atoms. The molecule has 0 fully saturated rings. The topological polar surface area (TPSA) is 76.6 Å². The molecule has 0 radical (unpaired) electrons. The number of carbonyl (C=O) groups excluding carboxylic acids is 1. The van der Waals surface area contributed by atoms with Gasteiger partial charge in [-0.2, -0.15) is 4.31 Å². The predicted molar refractivity (Wildman–Crippen MR) is 86.5 cm³/mol. The lowest BCUT2D eigenvalue weighted by atomic mass is 10.2. The van der Waals surface area contributed by atoms with Crippen molar-refractivity contribution < 1.29 is 17.9 Å². The number of fused-ring (bicyclic) bond motifs is 1. The summed E-state index contributed by atoms with van der Waals surface area (Å²) in [5.74, 6) is 0. The van der Waals surface area contributed by atoms with Gasteiger partial charge in [0.15, 0.2) is 0 Å². The number of sulfonamides is 1. The van der Waals surface area contributed by atoms with E-state index in [0.717, 1.165) is 0 Å². The van der Waals surface area contributed by atoms with E-state index >= 15 is 0 Å². The number of rotatable bonds is 5. The lowest BCUT2D eigenvalue weighted by molar-refractivity contribution is 0.132. The number of hydrogen-bond acceptors (Lipinski definition) is 5. The summed E-state index contributed by atoms with van der Waals surface area (Å²) >= 11 is 3.15. The molecule has 6 nitrogen and oxygen atoms in total. The molecular weight excluding hydrogens is 372 g/mol. The van der Waals surface area contributed by atoms with Crippen LogP contribution in [0.1, 0.15) is 6.92 Å². The summed E-state index contributed by atoms with van der Waals surface area (Å²) in [7, 11) is -4.04. The molecule has 0 aliphatic rings. The maximum absolute atomic E-state index is 12.8. The van der Waals surface area contributed by atoms with Crippen molar-refractivity contribution in [2.75, 3.05) is 18.5 Å². The number of benzene rings is 1. The molecule has 1 amide bonds. The van der Waals surface area contributed by atoms with Crippen LogP contribution in [0, 0.1) is 0 Å². The molecule has 8 heteroatoms. The molecular formula is C14H15BrN2O4S. The van der Waals surface area contributed by atoms with Gasteiger partial charge in [-0.3, -0.25) is 4.98 Å². The molecule has 2 rings (SSSR count). The van der Waals surface area contributed by atoms with Crippen molar-refractivity contribution in [2.45, 2.75) is 11.8 Å². The first-order valence-electron chi connectivity index (χ1n) is 6.61. The summed E-state index contributed by atoms with van der Waals surface area (Å²) in [5.41, 5.74) is 0.328. The highest BCUT2D eigenvalue weighted by Gasteiger charge is 2.31. The third-order valence-corrected chi connectivity index (χ3v) is 5.07. The third kappa shape index (κ3) is 3.22. The number of aromatic nitrogens is 1. The molecule has 0 spiro atoms. The van der Waals surface area contributed by atoms with Crippen LogP contribution in [0.5, 0.6) is 0 Å². The van der Waals surface area contributed by atoms with Crippen LogP contribution in [-0.2, 0) is 14.8 Å². The van der Waals surface area contributed by atoms with Gasteiger partial charge in [0.25, 0.3) is 10.0 Å². The van der Waals surface area contributed by atoms with Crippen molar-refractivity contribution in [3.05, 3.63) is 36.5 Å². The molecule has 0 saturated carbocycles. The fraction of sp³-hybridized carbons (Fsp3) is 0.286.